The number of hydrogen-bond donors (Lipinski definition) is 2. The van der Waals surface area contributed by atoms with Gasteiger partial charge in [-0.15, -0.1) is 11.6 Å². The monoisotopic (exact) mass is 273 g/mol. The van der Waals surface area contributed by atoms with Gasteiger partial charge in [-0.2, -0.15) is 0 Å². The minimum atomic E-state index is -0.575. The van der Waals surface area contributed by atoms with Gasteiger partial charge in [-0.25, -0.2) is 4.98 Å². The second-order valence-corrected chi connectivity index (χ2v) is 4.70. The van der Waals surface area contributed by atoms with Crippen LogP contribution in [0.4, 0.5) is 5.82 Å². The van der Waals surface area contributed by atoms with Crippen LogP contribution in [-0.2, 0) is 0 Å². The Balaban J connectivity index is 2.77. The largest absolute Gasteiger partial charge is 0.358 e. The molecule has 0 saturated heterocycles. The molecule has 0 aromatic carbocycles. The van der Waals surface area contributed by atoms with Gasteiger partial charge in [-0.05, 0) is 30.8 Å². The topological polar surface area (TPSA) is 88.0 Å². The summed E-state index contributed by atoms with van der Waals surface area (Å²) in [6.07, 6.45) is 1.37. The second-order valence-electron chi connectivity index (χ2n) is 4.32. The number of nitrogens with zero attached hydrogens (tertiary/aromatic N) is 1. The fraction of sp³-hybridized carbons (Fsp3) is 0.545. The Kier molecular flexibility index (Phi) is 4.72. The summed E-state index contributed by atoms with van der Waals surface area (Å²) in [7, 11) is 0. The van der Waals surface area contributed by atoms with Crippen molar-refractivity contribution in [3.63, 3.8) is 0 Å². The fourth-order valence-electron chi connectivity index (χ4n) is 1.50. The number of aromatic amines is 1. The average Bonchev–Trinajstić information content (AvgIpc) is 2.78. The zero-order chi connectivity index (χ0) is 13.8. The molecule has 0 saturated carbocycles. The minimum Gasteiger partial charge on any atom is -0.358 e. The van der Waals surface area contributed by atoms with Crippen molar-refractivity contribution < 1.29 is 9.72 Å². The van der Waals surface area contributed by atoms with E-state index < -0.39 is 10.5 Å². The Morgan fingerprint density at radius 3 is 2.72 bits per heavy atom. The number of carbonyl (C=O) groups excluding carboxylic acids is 1. The number of nitrogens with one attached hydrogen (secondary N) is 2. The van der Waals surface area contributed by atoms with Gasteiger partial charge in [0.05, 0.1) is 0 Å². The first-order valence-electron chi connectivity index (χ1n) is 5.64. The quantitative estimate of drug-likeness (QED) is 0.474. The molecule has 1 aromatic heterocycles. The maximum atomic E-state index is 11.9. The van der Waals surface area contributed by atoms with E-state index in [4.69, 9.17) is 11.6 Å². The number of nitro groups is 1. The van der Waals surface area contributed by atoms with Crippen molar-refractivity contribution in [2.75, 3.05) is 5.88 Å². The lowest BCUT2D eigenvalue weighted by molar-refractivity contribution is -0.389. The number of H-pyrrole nitrogens is 1. The molecule has 18 heavy (non-hydrogen) atoms. The number of halogens is 1. The van der Waals surface area contributed by atoms with Crippen molar-refractivity contribution in [3.8, 4) is 0 Å². The van der Waals surface area contributed by atoms with Gasteiger partial charge in [0, 0.05) is 17.5 Å². The van der Waals surface area contributed by atoms with Gasteiger partial charge in [-0.1, -0.05) is 6.92 Å². The van der Waals surface area contributed by atoms with Crippen LogP contribution in [0.2, 0.25) is 0 Å². The van der Waals surface area contributed by atoms with E-state index in [-0.39, 0.29) is 17.4 Å². The molecule has 6 nitrogen and oxygen atoms in total. The van der Waals surface area contributed by atoms with E-state index in [0.717, 1.165) is 6.42 Å². The van der Waals surface area contributed by atoms with E-state index >= 15 is 0 Å². The summed E-state index contributed by atoms with van der Waals surface area (Å²) in [6, 6.07) is 2.66. The molecule has 0 radical (unpaired) electrons. The molecule has 7 heteroatoms. The highest BCUT2D eigenvalue weighted by atomic mass is 35.5. The van der Waals surface area contributed by atoms with Gasteiger partial charge in [0.15, 0.2) is 5.69 Å². The van der Waals surface area contributed by atoms with Crippen LogP contribution in [0, 0.1) is 10.1 Å². The molecule has 1 rings (SSSR count). The maximum absolute atomic E-state index is 11.9. The highest BCUT2D eigenvalue weighted by Crippen LogP contribution is 2.17. The first kappa shape index (κ1) is 14.5. The lowest BCUT2D eigenvalue weighted by atomic mass is 9.95. The summed E-state index contributed by atoms with van der Waals surface area (Å²) in [5, 5.41) is 13.3. The van der Waals surface area contributed by atoms with Gasteiger partial charge in [-0.3, -0.25) is 4.79 Å². The molecule has 2 N–H and O–H groups in total. The summed E-state index contributed by atoms with van der Waals surface area (Å²) < 4.78 is 0. The average molecular weight is 274 g/mol. The van der Waals surface area contributed by atoms with Crippen molar-refractivity contribution in [2.45, 2.75) is 32.2 Å². The predicted molar refractivity (Wildman–Crippen MR) is 68.9 cm³/mol. The molecule has 1 atom stereocenters. The molecule has 0 bridgehead atoms. The zero-order valence-corrected chi connectivity index (χ0v) is 11.1. The molecule has 0 aliphatic heterocycles. The van der Waals surface area contributed by atoms with Crippen LogP contribution in [0.5, 0.6) is 0 Å². The summed E-state index contributed by atoms with van der Waals surface area (Å²) in [5.41, 5.74) is -0.227. The molecular formula is C11H16ClN3O3. The van der Waals surface area contributed by atoms with E-state index in [1.807, 2.05) is 13.8 Å². The van der Waals surface area contributed by atoms with Crippen LogP contribution in [0.25, 0.3) is 0 Å². The summed E-state index contributed by atoms with van der Waals surface area (Å²) in [4.78, 5) is 24.3. The highest BCUT2D eigenvalue weighted by Gasteiger charge is 2.26. The number of hydrogen-bond acceptors (Lipinski definition) is 3. The molecular weight excluding hydrogens is 258 g/mol. The number of amides is 1. The van der Waals surface area contributed by atoms with Gasteiger partial charge in [0.1, 0.15) is 0 Å². The van der Waals surface area contributed by atoms with E-state index in [9.17, 15) is 14.9 Å². The standard InChI is InChI=1S/C11H16ClN3O3/c1-3-11(2,6-7-12)14-10(16)8-4-5-9(13-8)15(17)18/h4-5,13H,3,6-7H2,1-2H3,(H,14,16). The summed E-state index contributed by atoms with van der Waals surface area (Å²) in [5.74, 6) is -0.122. The number of alkyl halides is 1. The van der Waals surface area contributed by atoms with Crippen LogP contribution in [0.15, 0.2) is 12.1 Å². The van der Waals surface area contributed by atoms with Gasteiger partial charge in [0.25, 0.3) is 5.91 Å². The Labute approximate surface area is 110 Å². The molecule has 1 unspecified atom stereocenters. The lowest BCUT2D eigenvalue weighted by Gasteiger charge is -2.28. The van der Waals surface area contributed by atoms with Crippen molar-refractivity contribution in [1.82, 2.24) is 10.3 Å². The van der Waals surface area contributed by atoms with Crippen molar-refractivity contribution in [2.24, 2.45) is 0 Å². The molecule has 1 heterocycles. The molecule has 1 aromatic rings. The van der Waals surface area contributed by atoms with Crippen LogP contribution >= 0.6 is 11.6 Å². The van der Waals surface area contributed by atoms with Crippen LogP contribution in [0.1, 0.15) is 37.2 Å². The minimum absolute atomic E-state index is 0.177. The van der Waals surface area contributed by atoms with Gasteiger partial charge in [0.2, 0.25) is 0 Å². The third kappa shape index (κ3) is 3.46. The van der Waals surface area contributed by atoms with Gasteiger partial charge < -0.3 is 15.4 Å². The number of carbonyl (C=O) groups is 1. The van der Waals surface area contributed by atoms with Crippen molar-refractivity contribution in [1.29, 1.82) is 0 Å². The molecule has 0 aliphatic carbocycles. The first-order valence-corrected chi connectivity index (χ1v) is 6.17. The van der Waals surface area contributed by atoms with Gasteiger partial charge >= 0.3 is 5.82 Å². The Morgan fingerprint density at radius 2 is 2.28 bits per heavy atom. The van der Waals surface area contributed by atoms with E-state index in [1.165, 1.54) is 12.1 Å². The fourth-order valence-corrected chi connectivity index (χ4v) is 1.92. The van der Waals surface area contributed by atoms with E-state index in [1.54, 1.807) is 0 Å². The smallest absolute Gasteiger partial charge is 0.321 e. The van der Waals surface area contributed by atoms with E-state index in [2.05, 4.69) is 10.3 Å². The SMILES string of the molecule is CCC(C)(CCCl)NC(=O)c1ccc([N+](=O)[O-])[nH]1. The predicted octanol–water partition coefficient (Wildman–Crippen LogP) is 2.45. The summed E-state index contributed by atoms with van der Waals surface area (Å²) in [6.45, 7) is 3.84. The van der Waals surface area contributed by atoms with Crippen molar-refractivity contribution >= 4 is 23.3 Å². The zero-order valence-electron chi connectivity index (χ0n) is 10.3. The maximum Gasteiger partial charge on any atom is 0.321 e. The van der Waals surface area contributed by atoms with Crippen LogP contribution in [0.3, 0.4) is 0 Å². The highest BCUT2D eigenvalue weighted by molar-refractivity contribution is 6.17. The summed E-state index contributed by atoms with van der Waals surface area (Å²) >= 11 is 5.69. The Morgan fingerprint density at radius 1 is 1.61 bits per heavy atom. The van der Waals surface area contributed by atoms with E-state index in [0.29, 0.717) is 12.3 Å². The Hall–Kier alpha value is -1.56. The van der Waals surface area contributed by atoms with Crippen molar-refractivity contribution in [3.05, 3.63) is 27.9 Å². The number of aromatic nitrogens is 1. The molecule has 1 amide bonds. The Bertz CT molecular complexity index is 446. The second kappa shape index (κ2) is 5.86. The number of rotatable bonds is 6. The van der Waals surface area contributed by atoms with Crippen LogP contribution in [-0.4, -0.2) is 27.2 Å². The normalized spacial score (nSPS) is 13.9. The van der Waals surface area contributed by atoms with Crippen LogP contribution < -0.4 is 5.32 Å². The lowest BCUT2D eigenvalue weighted by Crippen LogP contribution is -2.46. The third-order valence-corrected chi connectivity index (χ3v) is 3.14. The first-order chi connectivity index (χ1) is 8.41. The molecule has 0 fully saturated rings. The molecule has 0 aliphatic rings. The molecule has 100 valence electrons. The third-order valence-electron chi connectivity index (χ3n) is 2.95. The molecule has 0 spiro atoms.